The van der Waals surface area contributed by atoms with Crippen LogP contribution in [-0.4, -0.2) is 48.1 Å². The van der Waals surface area contributed by atoms with E-state index in [-0.39, 0.29) is 0 Å². The number of hydrogen-bond donors (Lipinski definition) is 1. The van der Waals surface area contributed by atoms with Crippen LogP contribution in [0.15, 0.2) is 0 Å². The Bertz CT molecular complexity index is 448. The Balaban J connectivity index is 1.73. The minimum atomic E-state index is 0.476. The predicted molar refractivity (Wildman–Crippen MR) is 85.4 cm³/mol. The number of hydrogen-bond acceptors (Lipinski definition) is 6. The zero-order chi connectivity index (χ0) is 13.9. The lowest BCUT2D eigenvalue weighted by Crippen LogP contribution is -2.32. The summed E-state index contributed by atoms with van der Waals surface area (Å²) in [6, 6.07) is 1.22. The van der Waals surface area contributed by atoms with Gasteiger partial charge in [0.1, 0.15) is 5.01 Å². The van der Waals surface area contributed by atoms with Crippen LogP contribution in [0.1, 0.15) is 34.5 Å². The number of rotatable bonds is 6. The highest BCUT2D eigenvalue weighted by Gasteiger charge is 2.26. The summed E-state index contributed by atoms with van der Waals surface area (Å²) in [4.78, 5) is 8.66. The summed E-state index contributed by atoms with van der Waals surface area (Å²) in [6.45, 7) is 2.73. The van der Waals surface area contributed by atoms with Crippen LogP contribution < -0.4 is 5.32 Å². The molecular formula is C14H23N3OS2. The van der Waals surface area contributed by atoms with Gasteiger partial charge in [-0.05, 0) is 19.9 Å². The van der Waals surface area contributed by atoms with E-state index in [0.717, 1.165) is 30.6 Å². The highest BCUT2D eigenvalue weighted by atomic mass is 32.2. The monoisotopic (exact) mass is 313 g/mol. The van der Waals surface area contributed by atoms with Gasteiger partial charge in [0.05, 0.1) is 18.3 Å². The lowest BCUT2D eigenvalue weighted by atomic mass is 10.3. The fraction of sp³-hybridized carbons (Fsp3) is 0.786. The molecule has 0 aromatic carbocycles. The van der Waals surface area contributed by atoms with Crippen molar-refractivity contribution in [1.29, 1.82) is 0 Å². The second-order valence-corrected chi connectivity index (χ2v) is 7.85. The van der Waals surface area contributed by atoms with E-state index in [0.29, 0.717) is 12.6 Å². The van der Waals surface area contributed by atoms with E-state index >= 15 is 0 Å². The molecular weight excluding hydrogens is 290 g/mol. The Morgan fingerprint density at radius 2 is 2.30 bits per heavy atom. The van der Waals surface area contributed by atoms with E-state index in [4.69, 9.17) is 9.72 Å². The standard InChI is InChI=1S/C14H23N3OS2/c1-17-5-6-19-9-12(17)14-16-11(8-18-2)13(20-14)7-15-10-3-4-10/h10,12,15H,3-9H2,1-2H3. The molecule has 2 aliphatic rings. The minimum absolute atomic E-state index is 0.476. The van der Waals surface area contributed by atoms with E-state index in [2.05, 4.69) is 17.3 Å². The van der Waals surface area contributed by atoms with E-state index in [9.17, 15) is 0 Å². The molecule has 1 aromatic heterocycles. The summed E-state index contributed by atoms with van der Waals surface area (Å²) in [5.74, 6) is 2.39. The first-order valence-corrected chi connectivity index (χ1v) is 9.24. The second kappa shape index (κ2) is 6.75. The Labute approximate surface area is 129 Å². The summed E-state index contributed by atoms with van der Waals surface area (Å²) in [6.07, 6.45) is 2.65. The molecule has 0 spiro atoms. The summed E-state index contributed by atoms with van der Waals surface area (Å²) >= 11 is 3.91. The number of aromatic nitrogens is 1. The number of methoxy groups -OCH3 is 1. The van der Waals surface area contributed by atoms with Crippen molar-refractivity contribution in [2.45, 2.75) is 38.1 Å². The molecule has 3 rings (SSSR count). The molecule has 4 nitrogen and oxygen atoms in total. The largest absolute Gasteiger partial charge is 0.378 e. The Hall–Kier alpha value is -0.140. The molecule has 2 fully saturated rings. The second-order valence-electron chi connectivity index (χ2n) is 5.58. The first kappa shape index (κ1) is 14.8. The third-order valence-electron chi connectivity index (χ3n) is 3.89. The molecule has 2 heterocycles. The number of ether oxygens (including phenoxy) is 1. The van der Waals surface area contributed by atoms with Gasteiger partial charge in [-0.15, -0.1) is 11.3 Å². The number of thiazole rings is 1. The van der Waals surface area contributed by atoms with Crippen molar-refractivity contribution < 1.29 is 4.74 Å². The van der Waals surface area contributed by atoms with Gasteiger partial charge in [-0.2, -0.15) is 11.8 Å². The van der Waals surface area contributed by atoms with Crippen molar-refractivity contribution in [2.24, 2.45) is 0 Å². The summed E-state index contributed by atoms with van der Waals surface area (Å²) in [5.41, 5.74) is 1.13. The van der Waals surface area contributed by atoms with Gasteiger partial charge in [0.25, 0.3) is 0 Å². The molecule has 0 bridgehead atoms. The van der Waals surface area contributed by atoms with Crippen LogP contribution >= 0.6 is 23.1 Å². The number of nitrogens with one attached hydrogen (secondary N) is 1. The van der Waals surface area contributed by atoms with Crippen molar-refractivity contribution in [3.63, 3.8) is 0 Å². The van der Waals surface area contributed by atoms with Crippen LogP contribution in [-0.2, 0) is 17.9 Å². The highest BCUT2D eigenvalue weighted by molar-refractivity contribution is 7.99. The molecule has 0 amide bonds. The van der Waals surface area contributed by atoms with Gasteiger partial charge in [-0.25, -0.2) is 4.98 Å². The molecule has 1 saturated carbocycles. The topological polar surface area (TPSA) is 37.4 Å². The fourth-order valence-corrected chi connectivity index (χ4v) is 4.91. The van der Waals surface area contributed by atoms with Crippen molar-refractivity contribution >= 4 is 23.1 Å². The molecule has 1 saturated heterocycles. The highest BCUT2D eigenvalue weighted by Crippen LogP contribution is 2.33. The maximum Gasteiger partial charge on any atom is 0.111 e. The molecule has 0 radical (unpaired) electrons. The van der Waals surface area contributed by atoms with Crippen LogP contribution in [0.5, 0.6) is 0 Å². The van der Waals surface area contributed by atoms with Crippen LogP contribution in [0, 0.1) is 0 Å². The van der Waals surface area contributed by atoms with Gasteiger partial charge in [-0.1, -0.05) is 0 Å². The molecule has 1 N–H and O–H groups in total. The Morgan fingerprint density at radius 3 is 3.00 bits per heavy atom. The maximum atomic E-state index is 5.32. The van der Waals surface area contributed by atoms with Crippen LogP contribution in [0.3, 0.4) is 0 Å². The van der Waals surface area contributed by atoms with Crippen LogP contribution in [0.2, 0.25) is 0 Å². The summed E-state index contributed by atoms with van der Waals surface area (Å²) < 4.78 is 5.32. The Kier molecular flexibility index (Phi) is 4.99. The van der Waals surface area contributed by atoms with Gasteiger partial charge in [0, 0.05) is 42.6 Å². The first-order valence-electron chi connectivity index (χ1n) is 7.26. The van der Waals surface area contributed by atoms with Crippen molar-refractivity contribution in [3.8, 4) is 0 Å². The summed E-state index contributed by atoms with van der Waals surface area (Å²) in [7, 11) is 3.96. The SMILES string of the molecule is COCc1nc(C2CSCCN2C)sc1CNC1CC1. The molecule has 20 heavy (non-hydrogen) atoms. The number of nitrogens with zero attached hydrogens (tertiary/aromatic N) is 2. The van der Waals surface area contributed by atoms with Crippen LogP contribution in [0.25, 0.3) is 0 Å². The van der Waals surface area contributed by atoms with Crippen molar-refractivity contribution in [3.05, 3.63) is 15.6 Å². The Morgan fingerprint density at radius 1 is 1.45 bits per heavy atom. The molecule has 112 valence electrons. The lowest BCUT2D eigenvalue weighted by molar-refractivity contribution is 0.180. The van der Waals surface area contributed by atoms with Gasteiger partial charge < -0.3 is 10.1 Å². The number of thioether (sulfide) groups is 1. The molecule has 6 heteroatoms. The average Bonchev–Trinajstić information content (AvgIpc) is 3.19. The molecule has 1 unspecified atom stereocenters. The minimum Gasteiger partial charge on any atom is -0.378 e. The molecule has 1 aliphatic carbocycles. The van der Waals surface area contributed by atoms with Gasteiger partial charge in [-0.3, -0.25) is 4.90 Å². The van der Waals surface area contributed by atoms with E-state index in [1.54, 1.807) is 7.11 Å². The van der Waals surface area contributed by atoms with Crippen molar-refractivity contribution in [1.82, 2.24) is 15.2 Å². The normalized spacial score (nSPS) is 24.2. The summed E-state index contributed by atoms with van der Waals surface area (Å²) in [5, 5.41) is 4.86. The fourth-order valence-electron chi connectivity index (χ4n) is 2.40. The van der Waals surface area contributed by atoms with E-state index < -0.39 is 0 Å². The third-order valence-corrected chi connectivity index (χ3v) is 6.11. The first-order chi connectivity index (χ1) is 9.78. The molecule has 1 atom stereocenters. The van der Waals surface area contributed by atoms with E-state index in [1.807, 2.05) is 23.1 Å². The quantitative estimate of drug-likeness (QED) is 0.872. The zero-order valence-corrected chi connectivity index (χ0v) is 13.9. The zero-order valence-electron chi connectivity index (χ0n) is 12.2. The molecule has 1 aromatic rings. The maximum absolute atomic E-state index is 5.32. The smallest absolute Gasteiger partial charge is 0.111 e. The predicted octanol–water partition coefficient (Wildman–Crippen LogP) is 2.26. The van der Waals surface area contributed by atoms with Gasteiger partial charge in [0.2, 0.25) is 0 Å². The molecule has 1 aliphatic heterocycles. The van der Waals surface area contributed by atoms with Gasteiger partial charge >= 0.3 is 0 Å². The van der Waals surface area contributed by atoms with E-state index in [1.165, 1.54) is 28.5 Å². The lowest BCUT2D eigenvalue weighted by Gasteiger charge is -2.30. The average molecular weight is 313 g/mol. The van der Waals surface area contributed by atoms with Crippen molar-refractivity contribution in [2.75, 3.05) is 32.2 Å². The third kappa shape index (κ3) is 3.54. The van der Waals surface area contributed by atoms with Gasteiger partial charge in [0.15, 0.2) is 0 Å². The van der Waals surface area contributed by atoms with Crippen LogP contribution in [0.4, 0.5) is 0 Å².